The Balaban J connectivity index is 1.51. The van der Waals surface area contributed by atoms with E-state index >= 15 is 0 Å². The second-order valence-corrected chi connectivity index (χ2v) is 5.49. The van der Waals surface area contributed by atoms with Crippen LogP contribution in [0.5, 0.6) is 0 Å². The van der Waals surface area contributed by atoms with E-state index in [-0.39, 0.29) is 5.97 Å². The van der Waals surface area contributed by atoms with Crippen LogP contribution in [-0.4, -0.2) is 12.6 Å². The van der Waals surface area contributed by atoms with Crippen LogP contribution in [0.2, 0.25) is 0 Å². The largest absolute Gasteiger partial charge is 0.461 e. The second kappa shape index (κ2) is 6.83. The SMILES string of the molecule is O=C(CCC1CC1)OCC=CC1CCCCC1. The highest BCUT2D eigenvalue weighted by atomic mass is 16.5. The average molecular weight is 236 g/mol. The Morgan fingerprint density at radius 1 is 1.12 bits per heavy atom. The van der Waals surface area contributed by atoms with Gasteiger partial charge in [0.15, 0.2) is 0 Å². The minimum absolute atomic E-state index is 0.0230. The molecule has 2 rings (SSSR count). The van der Waals surface area contributed by atoms with Gasteiger partial charge in [-0.05, 0) is 31.1 Å². The van der Waals surface area contributed by atoms with Gasteiger partial charge in [0, 0.05) is 6.42 Å². The third kappa shape index (κ3) is 5.38. The summed E-state index contributed by atoms with van der Waals surface area (Å²) in [6, 6.07) is 0. The van der Waals surface area contributed by atoms with Crippen LogP contribution in [0.15, 0.2) is 12.2 Å². The Bertz CT molecular complexity index is 260. The number of carbonyl (C=O) groups is 1. The van der Waals surface area contributed by atoms with Gasteiger partial charge in [-0.25, -0.2) is 0 Å². The first kappa shape index (κ1) is 12.7. The number of ether oxygens (including phenoxy) is 1. The van der Waals surface area contributed by atoms with Crippen LogP contribution in [0.1, 0.15) is 57.8 Å². The van der Waals surface area contributed by atoms with E-state index in [4.69, 9.17) is 4.74 Å². The van der Waals surface area contributed by atoms with Crippen molar-refractivity contribution in [1.29, 1.82) is 0 Å². The zero-order valence-electron chi connectivity index (χ0n) is 10.7. The average Bonchev–Trinajstić information content (AvgIpc) is 3.17. The van der Waals surface area contributed by atoms with Gasteiger partial charge >= 0.3 is 5.97 Å². The molecule has 0 atom stereocenters. The zero-order valence-corrected chi connectivity index (χ0v) is 10.7. The van der Waals surface area contributed by atoms with Crippen LogP contribution in [0.3, 0.4) is 0 Å². The lowest BCUT2D eigenvalue weighted by molar-refractivity contribution is -0.142. The van der Waals surface area contributed by atoms with Crippen LogP contribution < -0.4 is 0 Å². The van der Waals surface area contributed by atoms with E-state index in [0.717, 1.165) is 18.3 Å². The van der Waals surface area contributed by atoms with Gasteiger partial charge < -0.3 is 4.74 Å². The van der Waals surface area contributed by atoms with E-state index in [0.29, 0.717) is 13.0 Å². The van der Waals surface area contributed by atoms with Crippen LogP contribution in [-0.2, 0) is 9.53 Å². The molecule has 0 unspecified atom stereocenters. The molecule has 2 fully saturated rings. The quantitative estimate of drug-likeness (QED) is 0.517. The first-order chi connectivity index (χ1) is 8.34. The molecule has 0 aromatic carbocycles. The fourth-order valence-corrected chi connectivity index (χ4v) is 2.52. The van der Waals surface area contributed by atoms with Crippen molar-refractivity contribution < 1.29 is 9.53 Å². The Kier molecular flexibility index (Phi) is 5.08. The van der Waals surface area contributed by atoms with Gasteiger partial charge in [-0.15, -0.1) is 0 Å². The summed E-state index contributed by atoms with van der Waals surface area (Å²) in [5, 5.41) is 0. The number of hydrogen-bond donors (Lipinski definition) is 0. The summed E-state index contributed by atoms with van der Waals surface area (Å²) >= 11 is 0. The first-order valence-electron chi connectivity index (χ1n) is 7.17. The minimum atomic E-state index is -0.0230. The molecule has 2 aliphatic carbocycles. The summed E-state index contributed by atoms with van der Waals surface area (Å²) in [4.78, 5) is 11.4. The highest BCUT2D eigenvalue weighted by Gasteiger charge is 2.22. The van der Waals surface area contributed by atoms with Gasteiger partial charge in [0.2, 0.25) is 0 Å². The lowest BCUT2D eigenvalue weighted by atomic mass is 9.89. The highest BCUT2D eigenvalue weighted by Crippen LogP contribution is 2.33. The molecule has 2 saturated carbocycles. The lowest BCUT2D eigenvalue weighted by Crippen LogP contribution is -2.06. The molecule has 2 aliphatic rings. The maximum atomic E-state index is 11.4. The second-order valence-electron chi connectivity index (χ2n) is 5.49. The summed E-state index contributed by atoms with van der Waals surface area (Å²) < 4.78 is 5.19. The Morgan fingerprint density at radius 3 is 2.59 bits per heavy atom. The number of hydrogen-bond acceptors (Lipinski definition) is 2. The fourth-order valence-electron chi connectivity index (χ4n) is 2.52. The molecule has 2 nitrogen and oxygen atoms in total. The van der Waals surface area contributed by atoms with Crippen molar-refractivity contribution in [3.05, 3.63) is 12.2 Å². The normalized spacial score (nSPS) is 21.9. The summed E-state index contributed by atoms with van der Waals surface area (Å²) in [6.07, 6.45) is 15.3. The third-order valence-corrected chi connectivity index (χ3v) is 3.85. The summed E-state index contributed by atoms with van der Waals surface area (Å²) in [5.74, 6) is 1.53. The molecule has 2 heteroatoms. The van der Waals surface area contributed by atoms with Gasteiger partial charge in [0.25, 0.3) is 0 Å². The van der Waals surface area contributed by atoms with Gasteiger partial charge in [-0.2, -0.15) is 0 Å². The van der Waals surface area contributed by atoms with E-state index in [9.17, 15) is 4.79 Å². The minimum Gasteiger partial charge on any atom is -0.461 e. The van der Waals surface area contributed by atoms with Crippen LogP contribution >= 0.6 is 0 Å². The smallest absolute Gasteiger partial charge is 0.306 e. The van der Waals surface area contributed by atoms with Crippen LogP contribution in [0.4, 0.5) is 0 Å². The van der Waals surface area contributed by atoms with Crippen molar-refractivity contribution in [3.8, 4) is 0 Å². The molecule has 0 aliphatic heterocycles. The molecule has 0 radical (unpaired) electrons. The van der Waals surface area contributed by atoms with Crippen molar-refractivity contribution in [3.63, 3.8) is 0 Å². The molecule has 0 N–H and O–H groups in total. The number of carbonyl (C=O) groups excluding carboxylic acids is 1. The monoisotopic (exact) mass is 236 g/mol. The van der Waals surface area contributed by atoms with Gasteiger partial charge in [-0.3, -0.25) is 4.79 Å². The number of esters is 1. The molecule has 0 aromatic heterocycles. The maximum Gasteiger partial charge on any atom is 0.306 e. The van der Waals surface area contributed by atoms with Gasteiger partial charge in [0.05, 0.1) is 0 Å². The van der Waals surface area contributed by atoms with E-state index in [1.807, 2.05) is 6.08 Å². The summed E-state index contributed by atoms with van der Waals surface area (Å²) in [5.41, 5.74) is 0. The Labute approximate surface area is 104 Å². The van der Waals surface area contributed by atoms with Crippen molar-refractivity contribution in [2.24, 2.45) is 11.8 Å². The topological polar surface area (TPSA) is 26.3 Å². The lowest BCUT2D eigenvalue weighted by Gasteiger charge is -2.17. The predicted octanol–water partition coefficient (Wildman–Crippen LogP) is 3.86. The van der Waals surface area contributed by atoms with E-state index in [1.165, 1.54) is 44.9 Å². The number of rotatable bonds is 6. The van der Waals surface area contributed by atoms with Crippen LogP contribution in [0.25, 0.3) is 0 Å². The Hall–Kier alpha value is -0.790. The van der Waals surface area contributed by atoms with E-state index < -0.39 is 0 Å². The predicted molar refractivity (Wildman–Crippen MR) is 68.6 cm³/mol. The van der Waals surface area contributed by atoms with Crippen LogP contribution in [0, 0.1) is 11.8 Å². The standard InChI is InChI=1S/C15H24O2/c16-15(11-10-14-8-9-14)17-12-4-7-13-5-2-1-3-6-13/h4,7,13-14H,1-3,5-6,8-12H2. The molecule has 0 bridgehead atoms. The van der Waals surface area contributed by atoms with Crippen molar-refractivity contribution in [2.75, 3.05) is 6.61 Å². The molecular formula is C15H24O2. The maximum absolute atomic E-state index is 11.4. The zero-order chi connectivity index (χ0) is 11.9. The molecule has 0 amide bonds. The molecule has 0 spiro atoms. The first-order valence-corrected chi connectivity index (χ1v) is 7.17. The fraction of sp³-hybridized carbons (Fsp3) is 0.800. The molecule has 17 heavy (non-hydrogen) atoms. The Morgan fingerprint density at radius 2 is 1.88 bits per heavy atom. The van der Waals surface area contributed by atoms with Gasteiger partial charge in [0.1, 0.15) is 6.61 Å². The molecular weight excluding hydrogens is 212 g/mol. The molecule has 0 aromatic rings. The number of allylic oxidation sites excluding steroid dienone is 1. The summed E-state index contributed by atoms with van der Waals surface area (Å²) in [7, 11) is 0. The van der Waals surface area contributed by atoms with E-state index in [1.54, 1.807) is 0 Å². The van der Waals surface area contributed by atoms with Crippen molar-refractivity contribution in [2.45, 2.75) is 57.8 Å². The molecule has 96 valence electrons. The van der Waals surface area contributed by atoms with Gasteiger partial charge in [-0.1, -0.05) is 44.3 Å². The van der Waals surface area contributed by atoms with E-state index in [2.05, 4.69) is 6.08 Å². The highest BCUT2D eigenvalue weighted by molar-refractivity contribution is 5.69. The van der Waals surface area contributed by atoms with Crippen molar-refractivity contribution >= 4 is 5.97 Å². The molecule has 0 heterocycles. The van der Waals surface area contributed by atoms with Crippen molar-refractivity contribution in [1.82, 2.24) is 0 Å². The summed E-state index contributed by atoms with van der Waals surface area (Å²) in [6.45, 7) is 0.472. The molecule has 0 saturated heterocycles. The third-order valence-electron chi connectivity index (χ3n) is 3.85.